The molecule has 0 aliphatic rings. The number of ether oxygens (including phenoxy) is 1. The minimum Gasteiger partial charge on any atom is -0.482 e. The highest BCUT2D eigenvalue weighted by Gasteiger charge is 2.01. The van der Waals surface area contributed by atoms with Gasteiger partial charge in [-0.1, -0.05) is 0 Å². The number of aliphatic carboxylic acids is 1. The van der Waals surface area contributed by atoms with Gasteiger partial charge in [-0.25, -0.2) is 4.79 Å². The quantitative estimate of drug-likeness (QED) is 0.816. The minimum atomic E-state index is -0.988. The summed E-state index contributed by atoms with van der Waals surface area (Å²) in [5.74, 6) is -0.455. The SMILES string of the molecule is O=C(O)COc1ccc(-c2ccn[nH]2)cc1. The molecule has 0 radical (unpaired) electrons. The third-order valence-electron chi connectivity index (χ3n) is 2.03. The molecule has 2 N–H and O–H groups in total. The molecule has 2 rings (SSSR count). The number of carboxylic acid groups (broad SMARTS) is 1. The zero-order valence-electron chi connectivity index (χ0n) is 8.38. The molecule has 0 aliphatic carbocycles. The fraction of sp³-hybridized carbons (Fsp3) is 0.0909. The number of aromatic amines is 1. The van der Waals surface area contributed by atoms with Gasteiger partial charge in [0.25, 0.3) is 0 Å². The molecule has 0 bridgehead atoms. The minimum absolute atomic E-state index is 0.330. The molecule has 2 aromatic rings. The Morgan fingerprint density at radius 2 is 2.06 bits per heavy atom. The Bertz CT molecular complexity index is 462. The van der Waals surface area contributed by atoms with Gasteiger partial charge in [0.1, 0.15) is 5.75 Å². The third-order valence-corrected chi connectivity index (χ3v) is 2.03. The summed E-state index contributed by atoms with van der Waals surface area (Å²) in [6.07, 6.45) is 1.67. The normalized spacial score (nSPS) is 10.0. The van der Waals surface area contributed by atoms with Crippen LogP contribution in [0.25, 0.3) is 11.3 Å². The largest absolute Gasteiger partial charge is 0.482 e. The molecule has 1 aromatic heterocycles. The predicted molar refractivity (Wildman–Crippen MR) is 57.2 cm³/mol. The zero-order valence-corrected chi connectivity index (χ0v) is 8.38. The van der Waals surface area contributed by atoms with Crippen LogP contribution in [0.4, 0.5) is 0 Å². The first-order valence-corrected chi connectivity index (χ1v) is 4.70. The number of rotatable bonds is 4. The zero-order chi connectivity index (χ0) is 11.4. The van der Waals surface area contributed by atoms with Gasteiger partial charge >= 0.3 is 5.97 Å². The van der Waals surface area contributed by atoms with E-state index in [1.807, 2.05) is 18.2 Å². The average molecular weight is 218 g/mol. The summed E-state index contributed by atoms with van der Waals surface area (Å²) >= 11 is 0. The van der Waals surface area contributed by atoms with Crippen LogP contribution in [-0.2, 0) is 4.79 Å². The Kier molecular flexibility index (Phi) is 2.86. The molecule has 0 spiro atoms. The van der Waals surface area contributed by atoms with Crippen molar-refractivity contribution < 1.29 is 14.6 Å². The highest BCUT2D eigenvalue weighted by atomic mass is 16.5. The van der Waals surface area contributed by atoms with Crippen LogP contribution in [0, 0.1) is 0 Å². The second-order valence-corrected chi connectivity index (χ2v) is 3.18. The molecular weight excluding hydrogens is 208 g/mol. The van der Waals surface area contributed by atoms with E-state index in [2.05, 4.69) is 10.2 Å². The van der Waals surface area contributed by atoms with Gasteiger partial charge < -0.3 is 9.84 Å². The average Bonchev–Trinajstić information content (AvgIpc) is 2.80. The van der Waals surface area contributed by atoms with Gasteiger partial charge in [0.15, 0.2) is 6.61 Å². The lowest BCUT2D eigenvalue weighted by atomic mass is 10.1. The van der Waals surface area contributed by atoms with E-state index in [0.29, 0.717) is 5.75 Å². The van der Waals surface area contributed by atoms with Gasteiger partial charge in [0, 0.05) is 6.20 Å². The van der Waals surface area contributed by atoms with Crippen molar-refractivity contribution in [3.8, 4) is 17.0 Å². The van der Waals surface area contributed by atoms with Crippen LogP contribution >= 0.6 is 0 Å². The first kappa shape index (κ1) is 10.2. The van der Waals surface area contributed by atoms with E-state index in [0.717, 1.165) is 11.3 Å². The summed E-state index contributed by atoms with van der Waals surface area (Å²) in [5, 5.41) is 15.1. The smallest absolute Gasteiger partial charge is 0.341 e. The molecule has 1 aromatic carbocycles. The van der Waals surface area contributed by atoms with Crippen molar-refractivity contribution in [2.24, 2.45) is 0 Å². The maximum Gasteiger partial charge on any atom is 0.341 e. The van der Waals surface area contributed by atoms with Crippen molar-refractivity contribution in [1.29, 1.82) is 0 Å². The first-order chi connectivity index (χ1) is 7.75. The number of nitrogens with zero attached hydrogens (tertiary/aromatic N) is 1. The molecule has 16 heavy (non-hydrogen) atoms. The fourth-order valence-corrected chi connectivity index (χ4v) is 1.29. The highest BCUT2D eigenvalue weighted by molar-refractivity contribution is 5.68. The number of carboxylic acids is 1. The number of hydrogen-bond acceptors (Lipinski definition) is 3. The summed E-state index contributed by atoms with van der Waals surface area (Å²) in [6.45, 7) is -0.330. The Morgan fingerprint density at radius 1 is 1.31 bits per heavy atom. The molecule has 0 saturated heterocycles. The number of hydrogen-bond donors (Lipinski definition) is 2. The monoisotopic (exact) mass is 218 g/mol. The second kappa shape index (κ2) is 4.48. The van der Waals surface area contributed by atoms with E-state index in [4.69, 9.17) is 9.84 Å². The number of nitrogens with one attached hydrogen (secondary N) is 1. The lowest BCUT2D eigenvalue weighted by molar-refractivity contribution is -0.139. The van der Waals surface area contributed by atoms with Crippen molar-refractivity contribution in [3.63, 3.8) is 0 Å². The molecule has 82 valence electrons. The van der Waals surface area contributed by atoms with Crippen molar-refractivity contribution in [3.05, 3.63) is 36.5 Å². The number of aromatic nitrogens is 2. The van der Waals surface area contributed by atoms with Crippen LogP contribution in [0.15, 0.2) is 36.5 Å². The molecule has 0 unspecified atom stereocenters. The lowest BCUT2D eigenvalue weighted by Gasteiger charge is -2.03. The van der Waals surface area contributed by atoms with Crippen LogP contribution in [-0.4, -0.2) is 27.9 Å². The van der Waals surface area contributed by atoms with Crippen molar-refractivity contribution in [1.82, 2.24) is 10.2 Å². The van der Waals surface area contributed by atoms with E-state index < -0.39 is 5.97 Å². The molecule has 0 saturated carbocycles. The Balaban J connectivity index is 2.08. The van der Waals surface area contributed by atoms with Gasteiger partial charge in [-0.3, -0.25) is 5.10 Å². The molecule has 5 nitrogen and oxygen atoms in total. The van der Waals surface area contributed by atoms with Gasteiger partial charge in [0.2, 0.25) is 0 Å². The summed E-state index contributed by atoms with van der Waals surface area (Å²) in [4.78, 5) is 10.3. The van der Waals surface area contributed by atoms with Gasteiger partial charge in [-0.2, -0.15) is 5.10 Å². The van der Waals surface area contributed by atoms with E-state index in [9.17, 15) is 4.79 Å². The molecule has 0 fully saturated rings. The maximum atomic E-state index is 10.3. The van der Waals surface area contributed by atoms with E-state index in [-0.39, 0.29) is 6.61 Å². The molecule has 0 amide bonds. The first-order valence-electron chi connectivity index (χ1n) is 4.70. The summed E-state index contributed by atoms with van der Waals surface area (Å²) in [5.41, 5.74) is 1.88. The van der Waals surface area contributed by atoms with Crippen LogP contribution < -0.4 is 4.74 Å². The van der Waals surface area contributed by atoms with E-state index in [1.54, 1.807) is 18.3 Å². The topological polar surface area (TPSA) is 75.2 Å². The summed E-state index contributed by atoms with van der Waals surface area (Å²) in [6, 6.07) is 8.97. The third kappa shape index (κ3) is 2.38. The number of carbonyl (C=O) groups is 1. The molecule has 5 heteroatoms. The standard InChI is InChI=1S/C11H10N2O3/c14-11(15)7-16-9-3-1-8(2-4-9)10-5-6-12-13-10/h1-6H,7H2,(H,12,13)(H,14,15). The van der Waals surface area contributed by atoms with Crippen LogP contribution in [0.5, 0.6) is 5.75 Å². The maximum absolute atomic E-state index is 10.3. The molecule has 0 atom stereocenters. The molecular formula is C11H10N2O3. The van der Waals surface area contributed by atoms with Crippen molar-refractivity contribution >= 4 is 5.97 Å². The fourth-order valence-electron chi connectivity index (χ4n) is 1.29. The lowest BCUT2D eigenvalue weighted by Crippen LogP contribution is -2.09. The molecule has 1 heterocycles. The second-order valence-electron chi connectivity index (χ2n) is 3.18. The van der Waals surface area contributed by atoms with Gasteiger partial charge in [-0.15, -0.1) is 0 Å². The molecule has 0 aliphatic heterocycles. The predicted octanol–water partition coefficient (Wildman–Crippen LogP) is 1.54. The van der Waals surface area contributed by atoms with Crippen LogP contribution in [0.3, 0.4) is 0 Å². The van der Waals surface area contributed by atoms with E-state index in [1.165, 1.54) is 0 Å². The van der Waals surface area contributed by atoms with E-state index >= 15 is 0 Å². The summed E-state index contributed by atoms with van der Waals surface area (Å²) in [7, 11) is 0. The van der Waals surface area contributed by atoms with Gasteiger partial charge in [0.05, 0.1) is 5.69 Å². The number of H-pyrrole nitrogens is 1. The van der Waals surface area contributed by atoms with Crippen molar-refractivity contribution in [2.45, 2.75) is 0 Å². The van der Waals surface area contributed by atoms with Gasteiger partial charge in [-0.05, 0) is 35.9 Å². The highest BCUT2D eigenvalue weighted by Crippen LogP contribution is 2.19. The van der Waals surface area contributed by atoms with Crippen molar-refractivity contribution in [2.75, 3.05) is 6.61 Å². The summed E-state index contributed by atoms with van der Waals surface area (Å²) < 4.78 is 5.01. The Labute approximate surface area is 91.7 Å². The Morgan fingerprint density at radius 3 is 2.62 bits per heavy atom. The Hall–Kier alpha value is -2.30. The van der Waals surface area contributed by atoms with Crippen LogP contribution in [0.1, 0.15) is 0 Å². The van der Waals surface area contributed by atoms with Crippen LogP contribution in [0.2, 0.25) is 0 Å². The number of benzene rings is 1.